The molecule has 4 heterocycles. The van der Waals surface area contributed by atoms with Crippen molar-refractivity contribution >= 4 is 5.91 Å². The van der Waals surface area contributed by atoms with Gasteiger partial charge in [-0.3, -0.25) is 9.78 Å². The van der Waals surface area contributed by atoms with Gasteiger partial charge in [0, 0.05) is 37.5 Å². The molecule has 3 aromatic rings. The van der Waals surface area contributed by atoms with Crippen molar-refractivity contribution in [3.05, 3.63) is 54.1 Å². The number of rotatable bonds is 3. The summed E-state index contributed by atoms with van der Waals surface area (Å²) in [6, 6.07) is 9.47. The summed E-state index contributed by atoms with van der Waals surface area (Å²) in [5.41, 5.74) is 1.83. The third kappa shape index (κ3) is 3.17. The number of benzene rings is 1. The van der Waals surface area contributed by atoms with Gasteiger partial charge in [0.15, 0.2) is 17.3 Å². The van der Waals surface area contributed by atoms with Crippen LogP contribution in [0.25, 0.3) is 11.4 Å². The zero-order valence-electron chi connectivity index (χ0n) is 15.2. The summed E-state index contributed by atoms with van der Waals surface area (Å²) < 4.78 is 12.6. The molecule has 2 aromatic heterocycles. The van der Waals surface area contributed by atoms with Gasteiger partial charge in [0.25, 0.3) is 0 Å². The Morgan fingerprint density at radius 2 is 2.04 bits per heavy atom. The van der Waals surface area contributed by atoms with Crippen molar-refractivity contribution in [2.24, 2.45) is 0 Å². The quantitative estimate of drug-likeness (QED) is 0.691. The Bertz CT molecular complexity index is 992. The van der Waals surface area contributed by atoms with Gasteiger partial charge >= 0.3 is 0 Å². The first kappa shape index (κ1) is 16.7. The first-order valence-electron chi connectivity index (χ1n) is 9.27. The Balaban J connectivity index is 1.26. The van der Waals surface area contributed by atoms with E-state index in [0.29, 0.717) is 44.0 Å². The predicted octanol–water partition coefficient (Wildman–Crippen LogP) is 1.70. The molecule has 0 saturated carbocycles. The van der Waals surface area contributed by atoms with E-state index in [1.165, 1.54) is 0 Å². The lowest BCUT2D eigenvalue weighted by molar-refractivity contribution is -0.130. The minimum absolute atomic E-state index is 0.0945. The van der Waals surface area contributed by atoms with Crippen molar-refractivity contribution in [1.29, 1.82) is 0 Å². The standard InChI is InChI=1S/C20H19N5O3/c26-19(11-14-3-4-16-17(10-14)28-13-27-16)24-7-5-18-22-20(23-25(18)9-8-24)15-2-1-6-21-12-15/h1-4,6,10,12H,5,7-9,11,13H2. The van der Waals surface area contributed by atoms with Gasteiger partial charge in [0.1, 0.15) is 5.82 Å². The first-order chi connectivity index (χ1) is 13.8. The minimum atomic E-state index is 0.0945. The number of hydrogen-bond acceptors (Lipinski definition) is 6. The Kier molecular flexibility index (Phi) is 4.16. The largest absolute Gasteiger partial charge is 0.454 e. The predicted molar refractivity (Wildman–Crippen MR) is 99.8 cm³/mol. The van der Waals surface area contributed by atoms with Gasteiger partial charge in [0.05, 0.1) is 13.0 Å². The Morgan fingerprint density at radius 3 is 2.93 bits per heavy atom. The van der Waals surface area contributed by atoms with E-state index in [1.807, 2.05) is 39.9 Å². The smallest absolute Gasteiger partial charge is 0.231 e. The third-order valence-electron chi connectivity index (χ3n) is 5.00. The fourth-order valence-corrected chi connectivity index (χ4v) is 3.50. The van der Waals surface area contributed by atoms with Crippen LogP contribution < -0.4 is 9.47 Å². The minimum Gasteiger partial charge on any atom is -0.454 e. The molecule has 0 radical (unpaired) electrons. The lowest BCUT2D eigenvalue weighted by Crippen LogP contribution is -2.34. The summed E-state index contributed by atoms with van der Waals surface area (Å²) in [6.45, 7) is 2.12. The summed E-state index contributed by atoms with van der Waals surface area (Å²) >= 11 is 0. The van der Waals surface area contributed by atoms with Crippen LogP contribution in [0.1, 0.15) is 11.4 Å². The highest BCUT2D eigenvalue weighted by Crippen LogP contribution is 2.32. The van der Waals surface area contributed by atoms with Gasteiger partial charge < -0.3 is 14.4 Å². The number of amides is 1. The van der Waals surface area contributed by atoms with Gasteiger partial charge in [-0.25, -0.2) is 9.67 Å². The van der Waals surface area contributed by atoms with Gasteiger partial charge in [-0.05, 0) is 29.8 Å². The van der Waals surface area contributed by atoms with Gasteiger partial charge in [-0.1, -0.05) is 6.07 Å². The van der Waals surface area contributed by atoms with E-state index in [2.05, 4.69) is 15.1 Å². The number of ether oxygens (including phenoxy) is 2. The number of carbonyl (C=O) groups excluding carboxylic acids is 1. The highest BCUT2D eigenvalue weighted by atomic mass is 16.7. The molecule has 0 fully saturated rings. The van der Waals surface area contributed by atoms with E-state index >= 15 is 0 Å². The molecule has 0 N–H and O–H groups in total. The van der Waals surface area contributed by atoms with Gasteiger partial charge in [0.2, 0.25) is 12.7 Å². The number of hydrogen-bond donors (Lipinski definition) is 0. The Labute approximate surface area is 161 Å². The van der Waals surface area contributed by atoms with Crippen molar-refractivity contribution in [2.75, 3.05) is 19.9 Å². The number of carbonyl (C=O) groups is 1. The lowest BCUT2D eigenvalue weighted by atomic mass is 10.1. The lowest BCUT2D eigenvalue weighted by Gasteiger charge is -2.20. The van der Waals surface area contributed by atoms with Crippen LogP contribution >= 0.6 is 0 Å². The second kappa shape index (κ2) is 6.95. The molecule has 0 unspecified atom stereocenters. The zero-order valence-corrected chi connectivity index (χ0v) is 15.2. The fourth-order valence-electron chi connectivity index (χ4n) is 3.50. The molecule has 0 saturated heterocycles. The van der Waals surface area contributed by atoms with E-state index < -0.39 is 0 Å². The second-order valence-electron chi connectivity index (χ2n) is 6.81. The molecule has 0 atom stereocenters. The second-order valence-corrected chi connectivity index (χ2v) is 6.81. The van der Waals surface area contributed by atoms with Crippen LogP contribution in [0, 0.1) is 0 Å². The van der Waals surface area contributed by atoms with Crippen LogP contribution in [0.5, 0.6) is 11.5 Å². The van der Waals surface area contributed by atoms with Crippen molar-refractivity contribution in [3.8, 4) is 22.9 Å². The maximum Gasteiger partial charge on any atom is 0.231 e. The molecule has 2 aliphatic heterocycles. The van der Waals surface area contributed by atoms with Crippen LogP contribution in [0.4, 0.5) is 0 Å². The van der Waals surface area contributed by atoms with E-state index in [1.54, 1.807) is 12.4 Å². The molecule has 142 valence electrons. The molecule has 1 amide bonds. The van der Waals surface area contributed by atoms with Crippen molar-refractivity contribution in [3.63, 3.8) is 0 Å². The maximum absolute atomic E-state index is 12.8. The SMILES string of the molecule is O=C(Cc1ccc2c(c1)OCO2)N1CCc2nc(-c3cccnc3)nn2CC1. The Morgan fingerprint density at radius 1 is 1.11 bits per heavy atom. The molecule has 8 nitrogen and oxygen atoms in total. The van der Waals surface area contributed by atoms with Crippen LogP contribution in [0.2, 0.25) is 0 Å². The summed E-state index contributed by atoms with van der Waals surface area (Å²) in [7, 11) is 0. The van der Waals surface area contributed by atoms with Crippen LogP contribution in [0.3, 0.4) is 0 Å². The van der Waals surface area contributed by atoms with Crippen LogP contribution in [-0.2, 0) is 24.2 Å². The van der Waals surface area contributed by atoms with E-state index in [-0.39, 0.29) is 12.7 Å². The summed E-state index contributed by atoms with van der Waals surface area (Å²) in [4.78, 5) is 23.4. The highest BCUT2D eigenvalue weighted by molar-refractivity contribution is 5.79. The zero-order chi connectivity index (χ0) is 18.9. The molecule has 28 heavy (non-hydrogen) atoms. The molecular weight excluding hydrogens is 358 g/mol. The van der Waals surface area contributed by atoms with E-state index in [4.69, 9.17) is 9.47 Å². The molecule has 1 aromatic carbocycles. The first-order valence-corrected chi connectivity index (χ1v) is 9.27. The number of nitrogens with zero attached hydrogens (tertiary/aromatic N) is 5. The maximum atomic E-state index is 12.8. The average molecular weight is 377 g/mol. The molecule has 0 spiro atoms. The molecule has 0 bridgehead atoms. The van der Waals surface area contributed by atoms with Crippen molar-refractivity contribution < 1.29 is 14.3 Å². The molecule has 5 rings (SSSR count). The van der Waals surface area contributed by atoms with E-state index in [9.17, 15) is 4.79 Å². The van der Waals surface area contributed by atoms with Crippen molar-refractivity contribution in [1.82, 2.24) is 24.6 Å². The topological polar surface area (TPSA) is 82.4 Å². The van der Waals surface area contributed by atoms with Crippen LogP contribution in [0.15, 0.2) is 42.7 Å². The number of aromatic nitrogens is 4. The monoisotopic (exact) mass is 377 g/mol. The molecule has 2 aliphatic rings. The molecule has 8 heteroatoms. The van der Waals surface area contributed by atoms with E-state index in [0.717, 1.165) is 22.7 Å². The molecule has 0 aliphatic carbocycles. The third-order valence-corrected chi connectivity index (χ3v) is 5.00. The number of fused-ring (bicyclic) bond motifs is 2. The Hall–Kier alpha value is -3.42. The highest BCUT2D eigenvalue weighted by Gasteiger charge is 2.22. The normalized spacial score (nSPS) is 15.2. The summed E-state index contributed by atoms with van der Waals surface area (Å²) in [5.74, 6) is 3.11. The molecular formula is C20H19N5O3. The number of pyridine rings is 1. The fraction of sp³-hybridized carbons (Fsp3) is 0.300. The average Bonchev–Trinajstić information content (AvgIpc) is 3.30. The van der Waals surface area contributed by atoms with Crippen LogP contribution in [-0.4, -0.2) is 50.4 Å². The summed E-state index contributed by atoms with van der Waals surface area (Å²) in [6.07, 6.45) is 4.51. The summed E-state index contributed by atoms with van der Waals surface area (Å²) in [5, 5.41) is 4.60. The van der Waals surface area contributed by atoms with Crippen molar-refractivity contribution in [2.45, 2.75) is 19.4 Å². The van der Waals surface area contributed by atoms with Gasteiger partial charge in [-0.2, -0.15) is 5.10 Å². The van der Waals surface area contributed by atoms with Gasteiger partial charge in [-0.15, -0.1) is 0 Å².